The molecule has 2 amide bonds. The number of hydrogen-bond donors (Lipinski definition) is 2. The van der Waals surface area contributed by atoms with Crippen LogP contribution in [0.4, 0.5) is 11.4 Å². The molecule has 0 aliphatic rings. The molecule has 2 N–H and O–H groups in total. The zero-order chi connectivity index (χ0) is 20.6. The number of anilines is 2. The number of aryl methyl sites for hydroxylation is 1. The summed E-state index contributed by atoms with van der Waals surface area (Å²) in [6.07, 6.45) is 3.29. The minimum absolute atomic E-state index is 0.0716. The summed E-state index contributed by atoms with van der Waals surface area (Å²) in [7, 11) is 0. The van der Waals surface area contributed by atoms with E-state index in [9.17, 15) is 14.4 Å². The first-order valence-corrected chi connectivity index (χ1v) is 9.22. The van der Waals surface area contributed by atoms with Crippen molar-refractivity contribution in [3.8, 4) is 0 Å². The maximum absolute atomic E-state index is 12.2. The first-order chi connectivity index (χ1) is 14.0. The fourth-order valence-electron chi connectivity index (χ4n) is 2.71. The highest BCUT2D eigenvalue weighted by Gasteiger charge is 2.10. The number of amides is 2. The Morgan fingerprint density at radius 1 is 0.828 bits per heavy atom. The molecule has 29 heavy (non-hydrogen) atoms. The van der Waals surface area contributed by atoms with Gasteiger partial charge in [0.25, 0.3) is 5.91 Å². The molecule has 3 aromatic rings. The van der Waals surface area contributed by atoms with Gasteiger partial charge in [-0.25, -0.2) is 0 Å². The fraction of sp³-hybridized carbons (Fsp3) is 0.130. The van der Waals surface area contributed by atoms with Gasteiger partial charge in [0, 0.05) is 42.2 Å². The van der Waals surface area contributed by atoms with Crippen LogP contribution >= 0.6 is 0 Å². The predicted octanol–water partition coefficient (Wildman–Crippen LogP) is 4.24. The molecule has 0 fully saturated rings. The Labute approximate surface area is 169 Å². The number of nitrogens with zero attached hydrogens (tertiary/aromatic N) is 1. The summed E-state index contributed by atoms with van der Waals surface area (Å²) in [6.45, 7) is 1.95. The van der Waals surface area contributed by atoms with E-state index in [4.69, 9.17) is 0 Å². The van der Waals surface area contributed by atoms with Crippen LogP contribution in [0.3, 0.4) is 0 Å². The summed E-state index contributed by atoms with van der Waals surface area (Å²) < 4.78 is 0. The van der Waals surface area contributed by atoms with E-state index in [-0.39, 0.29) is 30.4 Å². The van der Waals surface area contributed by atoms with Crippen LogP contribution in [0.25, 0.3) is 0 Å². The molecule has 0 bridgehead atoms. The van der Waals surface area contributed by atoms with Crippen LogP contribution in [0.1, 0.15) is 39.1 Å². The number of pyridine rings is 1. The lowest BCUT2D eigenvalue weighted by Gasteiger charge is -2.09. The smallest absolute Gasteiger partial charge is 0.257 e. The van der Waals surface area contributed by atoms with E-state index in [0.29, 0.717) is 22.5 Å². The quantitative estimate of drug-likeness (QED) is 0.594. The summed E-state index contributed by atoms with van der Waals surface area (Å²) in [5.74, 6) is -0.621. The van der Waals surface area contributed by atoms with Gasteiger partial charge >= 0.3 is 0 Å². The lowest BCUT2D eigenvalue weighted by atomic mass is 10.0. The molecule has 0 unspecified atom stereocenters. The van der Waals surface area contributed by atoms with Crippen molar-refractivity contribution in [1.82, 2.24) is 4.98 Å². The Hall–Kier alpha value is -3.80. The molecule has 3 rings (SSSR count). The van der Waals surface area contributed by atoms with Gasteiger partial charge in [-0.1, -0.05) is 35.9 Å². The Kier molecular flexibility index (Phi) is 6.47. The molecule has 1 aromatic heterocycles. The van der Waals surface area contributed by atoms with Crippen molar-refractivity contribution in [2.24, 2.45) is 0 Å². The van der Waals surface area contributed by atoms with Gasteiger partial charge in [0.15, 0.2) is 5.78 Å². The molecule has 0 aliphatic carbocycles. The second-order valence-corrected chi connectivity index (χ2v) is 6.61. The Bertz CT molecular complexity index is 1020. The highest BCUT2D eigenvalue weighted by Crippen LogP contribution is 2.17. The standard InChI is InChI=1S/C23H21N3O3/c1-16-7-9-17(10-8-16)21(27)11-12-22(28)25-19-5-2-6-20(14-19)26-23(29)18-4-3-13-24-15-18/h2-10,13-15H,11-12H2,1H3,(H,25,28)(H,26,29). The van der Waals surface area contributed by atoms with Gasteiger partial charge in [-0.15, -0.1) is 0 Å². The third-order valence-electron chi connectivity index (χ3n) is 4.28. The van der Waals surface area contributed by atoms with Crippen LogP contribution in [0.2, 0.25) is 0 Å². The summed E-state index contributed by atoms with van der Waals surface area (Å²) in [4.78, 5) is 40.5. The number of benzene rings is 2. The Balaban J connectivity index is 1.54. The lowest BCUT2D eigenvalue weighted by Crippen LogP contribution is -2.15. The lowest BCUT2D eigenvalue weighted by molar-refractivity contribution is -0.116. The van der Waals surface area contributed by atoms with Crippen molar-refractivity contribution in [2.45, 2.75) is 19.8 Å². The van der Waals surface area contributed by atoms with Crippen LogP contribution in [-0.2, 0) is 4.79 Å². The van der Waals surface area contributed by atoms with E-state index >= 15 is 0 Å². The highest BCUT2D eigenvalue weighted by molar-refractivity contribution is 6.04. The maximum atomic E-state index is 12.2. The summed E-state index contributed by atoms with van der Waals surface area (Å²) in [6, 6.07) is 17.5. The van der Waals surface area contributed by atoms with Gasteiger partial charge < -0.3 is 10.6 Å². The monoisotopic (exact) mass is 387 g/mol. The third-order valence-corrected chi connectivity index (χ3v) is 4.28. The Morgan fingerprint density at radius 2 is 1.55 bits per heavy atom. The molecule has 0 spiro atoms. The van der Waals surface area contributed by atoms with Gasteiger partial charge in [0.1, 0.15) is 0 Å². The van der Waals surface area contributed by atoms with E-state index < -0.39 is 0 Å². The topological polar surface area (TPSA) is 88.2 Å². The second-order valence-electron chi connectivity index (χ2n) is 6.61. The summed E-state index contributed by atoms with van der Waals surface area (Å²) in [5, 5.41) is 5.52. The molecule has 0 saturated heterocycles. The van der Waals surface area contributed by atoms with Crippen LogP contribution < -0.4 is 10.6 Å². The molecule has 6 nitrogen and oxygen atoms in total. The predicted molar refractivity (Wildman–Crippen MR) is 112 cm³/mol. The zero-order valence-electron chi connectivity index (χ0n) is 16.0. The summed E-state index contributed by atoms with van der Waals surface area (Å²) >= 11 is 0. The number of Topliss-reactive ketones (excluding diaryl/α,β-unsaturated/α-hetero) is 1. The number of nitrogens with one attached hydrogen (secondary N) is 2. The molecule has 0 saturated carbocycles. The van der Waals surface area contributed by atoms with Gasteiger partial charge in [-0.2, -0.15) is 0 Å². The Morgan fingerprint density at radius 3 is 2.24 bits per heavy atom. The highest BCUT2D eigenvalue weighted by atomic mass is 16.2. The van der Waals surface area contributed by atoms with Crippen molar-refractivity contribution in [3.63, 3.8) is 0 Å². The minimum Gasteiger partial charge on any atom is -0.326 e. The van der Waals surface area contributed by atoms with Gasteiger partial charge in [0.05, 0.1) is 5.56 Å². The number of ketones is 1. The third kappa shape index (κ3) is 5.84. The summed E-state index contributed by atoms with van der Waals surface area (Å²) in [5.41, 5.74) is 3.21. The fourth-order valence-corrected chi connectivity index (χ4v) is 2.71. The number of rotatable bonds is 7. The van der Waals surface area contributed by atoms with Crippen molar-refractivity contribution >= 4 is 29.0 Å². The van der Waals surface area contributed by atoms with Gasteiger partial charge in [0.2, 0.25) is 5.91 Å². The molecule has 0 atom stereocenters. The van der Waals surface area contributed by atoms with E-state index in [1.54, 1.807) is 54.7 Å². The molecule has 1 heterocycles. The molecule has 146 valence electrons. The van der Waals surface area contributed by atoms with Crippen LogP contribution in [0.15, 0.2) is 73.1 Å². The zero-order valence-corrected chi connectivity index (χ0v) is 16.0. The van der Waals surface area contributed by atoms with Gasteiger partial charge in [-0.05, 0) is 37.3 Å². The van der Waals surface area contributed by atoms with E-state index in [2.05, 4.69) is 15.6 Å². The minimum atomic E-state index is -0.287. The van der Waals surface area contributed by atoms with Crippen molar-refractivity contribution in [3.05, 3.63) is 89.7 Å². The molecular weight excluding hydrogens is 366 g/mol. The number of hydrogen-bond acceptors (Lipinski definition) is 4. The number of carbonyl (C=O) groups is 3. The van der Waals surface area contributed by atoms with E-state index in [1.165, 1.54) is 6.20 Å². The number of aromatic nitrogens is 1. The van der Waals surface area contributed by atoms with Crippen molar-refractivity contribution < 1.29 is 14.4 Å². The second kappa shape index (κ2) is 9.41. The molecule has 0 radical (unpaired) electrons. The largest absolute Gasteiger partial charge is 0.326 e. The van der Waals surface area contributed by atoms with Crippen LogP contribution in [0.5, 0.6) is 0 Å². The molecule has 2 aromatic carbocycles. The average molecular weight is 387 g/mol. The first kappa shape index (κ1) is 19.9. The van der Waals surface area contributed by atoms with Crippen LogP contribution in [0, 0.1) is 6.92 Å². The molecular formula is C23H21N3O3. The molecule has 0 aliphatic heterocycles. The SMILES string of the molecule is Cc1ccc(C(=O)CCC(=O)Nc2cccc(NC(=O)c3cccnc3)c2)cc1. The van der Waals surface area contributed by atoms with Gasteiger partial charge in [-0.3, -0.25) is 19.4 Å². The van der Waals surface area contributed by atoms with Crippen molar-refractivity contribution in [1.29, 1.82) is 0 Å². The van der Waals surface area contributed by atoms with E-state index in [0.717, 1.165) is 5.56 Å². The maximum Gasteiger partial charge on any atom is 0.257 e. The van der Waals surface area contributed by atoms with E-state index in [1.807, 2.05) is 19.1 Å². The van der Waals surface area contributed by atoms with Crippen molar-refractivity contribution in [2.75, 3.05) is 10.6 Å². The molecule has 6 heteroatoms. The van der Waals surface area contributed by atoms with Crippen LogP contribution in [-0.4, -0.2) is 22.6 Å². The average Bonchev–Trinajstić information content (AvgIpc) is 2.73. The first-order valence-electron chi connectivity index (χ1n) is 9.22. The number of carbonyl (C=O) groups excluding carboxylic acids is 3. The normalized spacial score (nSPS) is 10.2.